The fourth-order valence-corrected chi connectivity index (χ4v) is 1.77. The van der Waals surface area contributed by atoms with Gasteiger partial charge in [-0.05, 0) is 19.1 Å². The lowest BCUT2D eigenvalue weighted by molar-refractivity contribution is 0.101. The summed E-state index contributed by atoms with van der Waals surface area (Å²) in [6.07, 6.45) is 1.54. The molecular weight excluding hydrogens is 254 g/mol. The van der Waals surface area contributed by atoms with Crippen LogP contribution in [0.2, 0.25) is 5.15 Å². The smallest absolute Gasteiger partial charge is 0.276 e. The van der Waals surface area contributed by atoms with Crippen molar-refractivity contribution in [3.63, 3.8) is 0 Å². The maximum Gasteiger partial charge on any atom is 0.276 e. The Kier molecular flexibility index (Phi) is 3.20. The number of hydrogen-bond acceptors (Lipinski definition) is 4. The fourth-order valence-electron chi connectivity index (χ4n) is 1.60. The number of nitrogens with zero attached hydrogens (tertiary/aromatic N) is 3. The van der Waals surface area contributed by atoms with E-state index in [9.17, 15) is 4.79 Å². The van der Waals surface area contributed by atoms with Gasteiger partial charge in [0, 0.05) is 13.2 Å². The summed E-state index contributed by atoms with van der Waals surface area (Å²) in [6.45, 7) is 1.74. The molecule has 0 saturated heterocycles. The highest BCUT2D eigenvalue weighted by molar-refractivity contribution is 6.32. The van der Waals surface area contributed by atoms with E-state index in [1.54, 1.807) is 32.3 Å². The van der Waals surface area contributed by atoms with E-state index in [4.69, 9.17) is 17.3 Å². The van der Waals surface area contributed by atoms with E-state index in [1.807, 2.05) is 0 Å². The topological polar surface area (TPSA) is 85.8 Å². The standard InChI is InChI=1S/C11H12ClN5O/c1-6-8(13)9(17(2)16-6)11(18)15-7-4-3-5-14-10(7)12/h3-5H,13H2,1-2H3,(H,15,18). The molecule has 94 valence electrons. The first-order chi connectivity index (χ1) is 8.50. The number of halogens is 1. The Labute approximate surface area is 109 Å². The van der Waals surface area contributed by atoms with Crippen molar-refractivity contribution >= 4 is 28.9 Å². The minimum Gasteiger partial charge on any atom is -0.395 e. The van der Waals surface area contributed by atoms with E-state index in [1.165, 1.54) is 4.68 Å². The van der Waals surface area contributed by atoms with Crippen LogP contribution >= 0.6 is 11.6 Å². The predicted molar refractivity (Wildman–Crippen MR) is 69.6 cm³/mol. The molecule has 0 radical (unpaired) electrons. The first-order valence-electron chi connectivity index (χ1n) is 5.21. The number of amides is 1. The monoisotopic (exact) mass is 265 g/mol. The zero-order chi connectivity index (χ0) is 13.3. The van der Waals surface area contributed by atoms with Gasteiger partial charge in [0.1, 0.15) is 5.69 Å². The molecule has 18 heavy (non-hydrogen) atoms. The normalized spacial score (nSPS) is 10.4. The molecule has 2 aromatic heterocycles. The van der Waals surface area contributed by atoms with Crippen molar-refractivity contribution in [2.24, 2.45) is 7.05 Å². The number of anilines is 2. The van der Waals surface area contributed by atoms with Crippen LogP contribution in [0.4, 0.5) is 11.4 Å². The molecule has 1 amide bonds. The van der Waals surface area contributed by atoms with Gasteiger partial charge in [-0.3, -0.25) is 9.48 Å². The van der Waals surface area contributed by atoms with Crippen molar-refractivity contribution < 1.29 is 4.79 Å². The van der Waals surface area contributed by atoms with Gasteiger partial charge >= 0.3 is 0 Å². The first-order valence-corrected chi connectivity index (χ1v) is 5.59. The van der Waals surface area contributed by atoms with Gasteiger partial charge in [0.25, 0.3) is 5.91 Å². The van der Waals surface area contributed by atoms with Crippen LogP contribution in [0.5, 0.6) is 0 Å². The highest BCUT2D eigenvalue weighted by Crippen LogP contribution is 2.21. The maximum absolute atomic E-state index is 12.1. The largest absolute Gasteiger partial charge is 0.395 e. The van der Waals surface area contributed by atoms with E-state index in [2.05, 4.69) is 15.4 Å². The third kappa shape index (κ3) is 2.14. The summed E-state index contributed by atoms with van der Waals surface area (Å²) < 4.78 is 1.43. The summed E-state index contributed by atoms with van der Waals surface area (Å²) in [5.41, 5.74) is 7.50. The Hall–Kier alpha value is -2.08. The average molecular weight is 266 g/mol. The van der Waals surface area contributed by atoms with Crippen LogP contribution in [-0.4, -0.2) is 20.7 Å². The maximum atomic E-state index is 12.1. The third-order valence-corrected chi connectivity index (χ3v) is 2.79. The summed E-state index contributed by atoms with van der Waals surface area (Å²) in [7, 11) is 1.66. The molecule has 0 aliphatic rings. The summed E-state index contributed by atoms with van der Waals surface area (Å²) >= 11 is 5.86. The van der Waals surface area contributed by atoms with Crippen molar-refractivity contribution in [3.8, 4) is 0 Å². The summed E-state index contributed by atoms with van der Waals surface area (Å²) in [4.78, 5) is 16.0. The van der Waals surface area contributed by atoms with Gasteiger partial charge < -0.3 is 11.1 Å². The van der Waals surface area contributed by atoms with E-state index < -0.39 is 0 Å². The molecule has 2 heterocycles. The summed E-state index contributed by atoms with van der Waals surface area (Å²) in [5.74, 6) is -0.370. The number of carbonyl (C=O) groups is 1. The molecule has 0 aliphatic heterocycles. The molecule has 0 fully saturated rings. The zero-order valence-electron chi connectivity index (χ0n) is 9.94. The van der Waals surface area contributed by atoms with E-state index >= 15 is 0 Å². The Morgan fingerprint density at radius 2 is 2.28 bits per heavy atom. The Morgan fingerprint density at radius 1 is 1.56 bits per heavy atom. The van der Waals surface area contributed by atoms with Crippen molar-refractivity contribution in [1.82, 2.24) is 14.8 Å². The predicted octanol–water partition coefficient (Wildman–Crippen LogP) is 1.61. The van der Waals surface area contributed by atoms with Crippen LogP contribution in [0.3, 0.4) is 0 Å². The molecule has 2 aromatic rings. The Morgan fingerprint density at radius 3 is 2.83 bits per heavy atom. The highest BCUT2D eigenvalue weighted by Gasteiger charge is 2.18. The minimum atomic E-state index is -0.370. The number of nitrogen functional groups attached to an aromatic ring is 1. The van der Waals surface area contributed by atoms with E-state index in [0.29, 0.717) is 22.8 Å². The minimum absolute atomic E-state index is 0.225. The number of pyridine rings is 1. The lowest BCUT2D eigenvalue weighted by Crippen LogP contribution is -2.18. The van der Waals surface area contributed by atoms with Gasteiger partial charge in [-0.2, -0.15) is 5.10 Å². The molecule has 0 unspecified atom stereocenters. The van der Waals surface area contributed by atoms with E-state index in [0.717, 1.165) is 0 Å². The summed E-state index contributed by atoms with van der Waals surface area (Å²) in [5, 5.41) is 6.95. The molecule has 6 nitrogen and oxygen atoms in total. The van der Waals surface area contributed by atoms with Crippen molar-refractivity contribution in [2.45, 2.75) is 6.92 Å². The van der Waals surface area contributed by atoms with Gasteiger partial charge in [-0.15, -0.1) is 0 Å². The molecular formula is C11H12ClN5O. The second-order valence-corrected chi connectivity index (χ2v) is 4.13. The molecule has 0 spiro atoms. The lowest BCUT2D eigenvalue weighted by atomic mass is 10.3. The number of nitrogens with two attached hydrogens (primary N) is 1. The molecule has 0 saturated carbocycles. The SMILES string of the molecule is Cc1nn(C)c(C(=O)Nc2cccnc2Cl)c1N. The van der Waals surface area contributed by atoms with Crippen LogP contribution in [0.15, 0.2) is 18.3 Å². The van der Waals surface area contributed by atoms with Gasteiger partial charge in [-0.25, -0.2) is 4.98 Å². The molecule has 0 aliphatic carbocycles. The van der Waals surface area contributed by atoms with Crippen LogP contribution in [0.25, 0.3) is 0 Å². The van der Waals surface area contributed by atoms with Crippen molar-refractivity contribution in [1.29, 1.82) is 0 Å². The van der Waals surface area contributed by atoms with Crippen LogP contribution in [0.1, 0.15) is 16.2 Å². The van der Waals surface area contributed by atoms with Gasteiger partial charge in [0.2, 0.25) is 0 Å². The molecule has 3 N–H and O–H groups in total. The number of aryl methyl sites for hydroxylation is 2. The molecule has 0 bridgehead atoms. The van der Waals surface area contributed by atoms with Crippen LogP contribution < -0.4 is 11.1 Å². The molecule has 0 aromatic carbocycles. The van der Waals surface area contributed by atoms with Crippen LogP contribution in [0, 0.1) is 6.92 Å². The number of rotatable bonds is 2. The molecule has 0 atom stereocenters. The second kappa shape index (κ2) is 4.66. The molecule has 7 heteroatoms. The number of carbonyl (C=O) groups excluding carboxylic acids is 1. The molecule has 2 rings (SSSR count). The van der Waals surface area contributed by atoms with Crippen molar-refractivity contribution in [2.75, 3.05) is 11.1 Å². The number of aromatic nitrogens is 3. The van der Waals surface area contributed by atoms with Crippen LogP contribution in [-0.2, 0) is 7.05 Å². The number of nitrogens with one attached hydrogen (secondary N) is 1. The van der Waals surface area contributed by atoms with Crippen molar-refractivity contribution in [3.05, 3.63) is 34.9 Å². The average Bonchev–Trinajstić information content (AvgIpc) is 2.56. The van der Waals surface area contributed by atoms with E-state index in [-0.39, 0.29) is 11.1 Å². The van der Waals surface area contributed by atoms with Gasteiger partial charge in [-0.1, -0.05) is 11.6 Å². The quantitative estimate of drug-likeness (QED) is 0.808. The second-order valence-electron chi connectivity index (χ2n) is 3.77. The summed E-state index contributed by atoms with van der Waals surface area (Å²) in [6, 6.07) is 3.34. The lowest BCUT2D eigenvalue weighted by Gasteiger charge is -2.07. The highest BCUT2D eigenvalue weighted by atomic mass is 35.5. The third-order valence-electron chi connectivity index (χ3n) is 2.49. The first kappa shape index (κ1) is 12.4. The van der Waals surface area contributed by atoms with Gasteiger partial charge in [0.05, 0.1) is 17.1 Å². The van der Waals surface area contributed by atoms with Gasteiger partial charge in [0.15, 0.2) is 5.15 Å². The Balaban J connectivity index is 2.31. The zero-order valence-corrected chi connectivity index (χ0v) is 10.7. The fraction of sp³-hybridized carbons (Fsp3) is 0.182. The Bertz CT molecular complexity index is 607. The number of hydrogen-bond donors (Lipinski definition) is 2.